The van der Waals surface area contributed by atoms with Crippen LogP contribution < -0.4 is 10.5 Å². The maximum atomic E-state index is 13.3. The van der Waals surface area contributed by atoms with Gasteiger partial charge in [0.25, 0.3) is 0 Å². The van der Waals surface area contributed by atoms with Gasteiger partial charge in [-0.1, -0.05) is 31.7 Å². The molecule has 0 fully saturated rings. The molecule has 0 atom stereocenters. The van der Waals surface area contributed by atoms with E-state index in [1.807, 2.05) is 24.4 Å². The highest BCUT2D eigenvalue weighted by Crippen LogP contribution is 2.33. The van der Waals surface area contributed by atoms with Crippen LogP contribution >= 0.6 is 0 Å². The van der Waals surface area contributed by atoms with Crippen molar-refractivity contribution in [2.45, 2.75) is 33.1 Å². The van der Waals surface area contributed by atoms with Crippen molar-refractivity contribution in [3.05, 3.63) is 70.9 Å². The zero-order valence-corrected chi connectivity index (χ0v) is 16.2. The molecule has 1 aromatic carbocycles. The Morgan fingerprint density at radius 3 is 2.68 bits per heavy atom. The maximum absolute atomic E-state index is 13.3. The molecule has 0 aliphatic carbocycles. The van der Waals surface area contributed by atoms with Crippen LogP contribution in [0, 0.1) is 12.7 Å². The third kappa shape index (κ3) is 3.91. The number of fused-ring (bicyclic) bond motifs is 1. The van der Waals surface area contributed by atoms with Gasteiger partial charge in [-0.3, -0.25) is 4.79 Å². The third-order valence-electron chi connectivity index (χ3n) is 4.53. The van der Waals surface area contributed by atoms with E-state index in [0.29, 0.717) is 18.9 Å². The van der Waals surface area contributed by atoms with Gasteiger partial charge in [0.2, 0.25) is 11.8 Å². The first-order valence-electron chi connectivity index (χ1n) is 9.26. The van der Waals surface area contributed by atoms with Gasteiger partial charge in [-0.2, -0.15) is 0 Å². The quantitative estimate of drug-likeness (QED) is 0.645. The van der Waals surface area contributed by atoms with Crippen LogP contribution in [0.15, 0.2) is 37.0 Å². The van der Waals surface area contributed by atoms with Crippen LogP contribution in [0.25, 0.3) is 11.6 Å². The topological polar surface area (TPSA) is 69.6 Å². The molecule has 28 heavy (non-hydrogen) atoms. The second-order valence-electron chi connectivity index (χ2n) is 6.74. The lowest BCUT2D eigenvalue weighted by Gasteiger charge is -2.10. The summed E-state index contributed by atoms with van der Waals surface area (Å²) in [6.07, 6.45) is 5.07. The molecule has 0 aliphatic rings. The van der Waals surface area contributed by atoms with Crippen LogP contribution in [-0.4, -0.2) is 21.9 Å². The number of nitrogens with two attached hydrogens (primary N) is 1. The van der Waals surface area contributed by atoms with E-state index < -0.39 is 5.91 Å². The first-order valence-corrected chi connectivity index (χ1v) is 9.26. The lowest BCUT2D eigenvalue weighted by atomic mass is 10.0. The van der Waals surface area contributed by atoms with Gasteiger partial charge >= 0.3 is 0 Å². The van der Waals surface area contributed by atoms with Gasteiger partial charge in [-0.15, -0.1) is 0 Å². The third-order valence-corrected chi connectivity index (χ3v) is 4.53. The van der Waals surface area contributed by atoms with E-state index in [-0.39, 0.29) is 12.2 Å². The average Bonchev–Trinajstić information content (AvgIpc) is 2.93. The smallest absolute Gasteiger partial charge is 0.238 e. The zero-order valence-electron chi connectivity index (χ0n) is 16.2. The number of carbonyl (C=O) groups excluding carboxylic acids is 1. The molecule has 1 amide bonds. The summed E-state index contributed by atoms with van der Waals surface area (Å²) in [5, 5.41) is 0. The Morgan fingerprint density at radius 2 is 2.07 bits per heavy atom. The van der Waals surface area contributed by atoms with Crippen molar-refractivity contribution in [3.8, 4) is 5.88 Å². The second-order valence-corrected chi connectivity index (χ2v) is 6.74. The van der Waals surface area contributed by atoms with Crippen molar-refractivity contribution in [3.63, 3.8) is 0 Å². The summed E-state index contributed by atoms with van der Waals surface area (Å²) in [5.74, 6) is -0.241. The Morgan fingerprint density at radius 1 is 1.36 bits per heavy atom. The number of nitrogens with zero attached hydrogens (tertiary/aromatic N) is 2. The highest BCUT2D eigenvalue weighted by Gasteiger charge is 2.22. The number of primary amides is 1. The molecule has 0 saturated heterocycles. The number of aryl methyl sites for hydroxylation is 1. The van der Waals surface area contributed by atoms with Crippen molar-refractivity contribution in [1.29, 1.82) is 0 Å². The number of benzene rings is 1. The summed E-state index contributed by atoms with van der Waals surface area (Å²) in [6, 6.07) is 6.37. The largest absolute Gasteiger partial charge is 0.476 e. The molecule has 6 heteroatoms. The number of carbonyl (C=O) groups is 1. The minimum absolute atomic E-state index is 0.0570. The number of hydrogen-bond acceptors (Lipinski definition) is 3. The number of aromatic nitrogens is 2. The Hall–Kier alpha value is -3.15. The van der Waals surface area contributed by atoms with E-state index >= 15 is 0 Å². The van der Waals surface area contributed by atoms with E-state index in [1.165, 1.54) is 12.1 Å². The van der Waals surface area contributed by atoms with Crippen molar-refractivity contribution in [2.75, 3.05) is 6.61 Å². The SMILES string of the molecule is C=Cc1c(CC(N)=O)c2c(OCCC)nc(C)cn2c1Cc1ccc(F)cc1. The molecule has 2 N–H and O–H groups in total. The highest BCUT2D eigenvalue weighted by molar-refractivity contribution is 5.85. The molecule has 2 aromatic heterocycles. The fraction of sp³-hybridized carbons (Fsp3) is 0.273. The Bertz CT molecular complexity index is 1020. The van der Waals surface area contributed by atoms with Crippen LogP contribution in [0.1, 0.15) is 41.4 Å². The summed E-state index contributed by atoms with van der Waals surface area (Å²) >= 11 is 0. The Balaban J connectivity index is 2.26. The van der Waals surface area contributed by atoms with Crippen molar-refractivity contribution in [1.82, 2.24) is 9.38 Å². The predicted molar refractivity (Wildman–Crippen MR) is 108 cm³/mol. The molecular formula is C22H24FN3O2. The van der Waals surface area contributed by atoms with E-state index in [0.717, 1.165) is 40.0 Å². The van der Waals surface area contributed by atoms with Gasteiger partial charge in [0.15, 0.2) is 0 Å². The van der Waals surface area contributed by atoms with Crippen LogP contribution in [-0.2, 0) is 17.6 Å². The number of ether oxygens (including phenoxy) is 1. The molecule has 0 bridgehead atoms. The monoisotopic (exact) mass is 381 g/mol. The average molecular weight is 381 g/mol. The number of amides is 1. The lowest BCUT2D eigenvalue weighted by Crippen LogP contribution is -2.14. The van der Waals surface area contributed by atoms with Gasteiger partial charge in [-0.25, -0.2) is 9.37 Å². The molecule has 3 rings (SSSR count). The summed E-state index contributed by atoms with van der Waals surface area (Å²) in [4.78, 5) is 16.3. The molecular weight excluding hydrogens is 357 g/mol. The normalized spacial score (nSPS) is 11.0. The molecule has 2 heterocycles. The number of hydrogen-bond donors (Lipinski definition) is 1. The van der Waals surface area contributed by atoms with Crippen LogP contribution in [0.3, 0.4) is 0 Å². The molecule has 146 valence electrons. The second kappa shape index (κ2) is 8.25. The van der Waals surface area contributed by atoms with Gasteiger partial charge < -0.3 is 14.9 Å². The summed E-state index contributed by atoms with van der Waals surface area (Å²) in [6.45, 7) is 8.36. The van der Waals surface area contributed by atoms with Crippen molar-refractivity contribution >= 4 is 17.5 Å². The fourth-order valence-corrected chi connectivity index (χ4v) is 3.38. The van der Waals surface area contributed by atoms with E-state index in [9.17, 15) is 9.18 Å². The fourth-order valence-electron chi connectivity index (χ4n) is 3.38. The molecule has 0 radical (unpaired) electrons. The Kier molecular flexibility index (Phi) is 5.78. The van der Waals surface area contributed by atoms with Gasteiger partial charge in [-0.05, 0) is 36.6 Å². The van der Waals surface area contributed by atoms with Crippen LogP contribution in [0.5, 0.6) is 5.88 Å². The van der Waals surface area contributed by atoms with Crippen molar-refractivity contribution in [2.24, 2.45) is 5.73 Å². The molecule has 0 spiro atoms. The lowest BCUT2D eigenvalue weighted by molar-refractivity contribution is -0.117. The van der Waals surface area contributed by atoms with E-state index in [1.54, 1.807) is 18.2 Å². The molecule has 5 nitrogen and oxygen atoms in total. The first-order chi connectivity index (χ1) is 13.4. The molecule has 0 aliphatic heterocycles. The molecule has 3 aromatic rings. The first kappa shape index (κ1) is 19.6. The Labute approximate surface area is 163 Å². The zero-order chi connectivity index (χ0) is 20.3. The summed E-state index contributed by atoms with van der Waals surface area (Å²) < 4.78 is 21.2. The van der Waals surface area contributed by atoms with Gasteiger partial charge in [0, 0.05) is 23.9 Å². The molecule has 0 saturated carbocycles. The minimum Gasteiger partial charge on any atom is -0.476 e. The number of rotatable bonds is 8. The van der Waals surface area contributed by atoms with Gasteiger partial charge in [0.05, 0.1) is 18.7 Å². The maximum Gasteiger partial charge on any atom is 0.238 e. The van der Waals surface area contributed by atoms with E-state index in [2.05, 4.69) is 11.6 Å². The van der Waals surface area contributed by atoms with Crippen molar-refractivity contribution < 1.29 is 13.9 Å². The predicted octanol–water partition coefficient (Wildman–Crippen LogP) is 3.83. The summed E-state index contributed by atoms with van der Waals surface area (Å²) in [5.41, 5.74) is 10.5. The standard InChI is InChI=1S/C22H24FN3O2/c1-4-10-28-22-21-18(12-20(24)27)17(5-2)19(26(21)13-14(3)25-22)11-15-6-8-16(23)9-7-15/h5-9,13H,2,4,10-12H2,1,3H3,(H2,24,27). The molecule has 0 unspecified atom stereocenters. The van der Waals surface area contributed by atoms with E-state index in [4.69, 9.17) is 10.5 Å². The van der Waals surface area contributed by atoms with Crippen LogP contribution in [0.4, 0.5) is 4.39 Å². The summed E-state index contributed by atoms with van der Waals surface area (Å²) in [7, 11) is 0. The minimum atomic E-state index is -0.439. The number of halogens is 1. The van der Waals surface area contributed by atoms with Gasteiger partial charge in [0.1, 0.15) is 11.3 Å². The highest BCUT2D eigenvalue weighted by atomic mass is 19.1. The van der Waals surface area contributed by atoms with Crippen LogP contribution in [0.2, 0.25) is 0 Å².